The molecule has 5 N–H and O–H groups in total. The summed E-state index contributed by atoms with van der Waals surface area (Å²) in [5, 5.41) is 31.6. The van der Waals surface area contributed by atoms with Crippen molar-refractivity contribution in [1.82, 2.24) is 9.97 Å². The van der Waals surface area contributed by atoms with Gasteiger partial charge in [-0.2, -0.15) is 4.57 Å². The Morgan fingerprint density at radius 3 is 2.52 bits per heavy atom. The second kappa shape index (κ2) is 7.69. The van der Waals surface area contributed by atoms with Crippen molar-refractivity contribution in [2.75, 3.05) is 12.3 Å². The minimum Gasteiger partial charge on any atom is -0.396 e. The molecule has 27 heavy (non-hydrogen) atoms. The Morgan fingerprint density at radius 1 is 1.19 bits per heavy atom. The average molecular weight is 387 g/mol. The zero-order valence-corrected chi connectivity index (χ0v) is 16.1. The molecule has 0 aliphatic heterocycles. The van der Waals surface area contributed by atoms with Gasteiger partial charge in [0.1, 0.15) is 11.6 Å². The van der Waals surface area contributed by atoms with Crippen LogP contribution in [0.1, 0.15) is 32.5 Å². The maximum atomic E-state index is 11.0. The summed E-state index contributed by atoms with van der Waals surface area (Å²) < 4.78 is 1.80. The van der Waals surface area contributed by atoms with Crippen molar-refractivity contribution in [3.05, 3.63) is 69.1 Å². The molecule has 0 saturated heterocycles. The zero-order chi connectivity index (χ0) is 19.6. The molecule has 0 saturated carbocycles. The van der Waals surface area contributed by atoms with Crippen LogP contribution in [-0.2, 0) is 18.8 Å². The van der Waals surface area contributed by atoms with Gasteiger partial charge in [0.15, 0.2) is 12.2 Å². The van der Waals surface area contributed by atoms with Crippen molar-refractivity contribution in [3.63, 3.8) is 0 Å². The van der Waals surface area contributed by atoms with Gasteiger partial charge in [-0.3, -0.25) is 0 Å². The Balaban J connectivity index is 2.12. The fraction of sp³-hybridized carbons (Fsp3) is 0.316. The van der Waals surface area contributed by atoms with Gasteiger partial charge in [-0.15, -0.1) is 0 Å². The van der Waals surface area contributed by atoms with Gasteiger partial charge in [-0.1, -0.05) is 41.7 Å². The summed E-state index contributed by atoms with van der Waals surface area (Å²) >= 11 is 1.26. The van der Waals surface area contributed by atoms with Crippen LogP contribution in [0.15, 0.2) is 36.5 Å². The highest BCUT2D eigenvalue weighted by atomic mass is 32.1. The Morgan fingerprint density at radius 2 is 1.89 bits per heavy atom. The van der Waals surface area contributed by atoms with Gasteiger partial charge < -0.3 is 21.1 Å². The van der Waals surface area contributed by atoms with E-state index < -0.39 is 5.79 Å². The van der Waals surface area contributed by atoms with E-state index in [2.05, 4.69) is 9.97 Å². The molecule has 0 radical (unpaired) electrons. The zero-order valence-electron chi connectivity index (χ0n) is 15.3. The molecule has 0 atom stereocenters. The number of aliphatic hydroxyl groups excluding tert-OH is 1. The predicted octanol–water partition coefficient (Wildman–Crippen LogP) is 0.793. The fourth-order valence-corrected chi connectivity index (χ4v) is 4.19. The van der Waals surface area contributed by atoms with Gasteiger partial charge in [0.25, 0.3) is 5.79 Å². The minimum absolute atomic E-state index is 0.0221. The van der Waals surface area contributed by atoms with Crippen molar-refractivity contribution < 1.29 is 19.9 Å². The summed E-state index contributed by atoms with van der Waals surface area (Å²) in [5.41, 5.74) is 7.92. The maximum Gasteiger partial charge on any atom is 0.303 e. The number of benzene rings is 1. The molecular formula is C19H23N4O3S+. The lowest BCUT2D eigenvalue weighted by Gasteiger charge is -2.18. The Kier molecular flexibility index (Phi) is 5.52. The number of nitrogens with two attached hydrogens (primary N) is 1. The van der Waals surface area contributed by atoms with Gasteiger partial charge >= 0.3 is 5.01 Å². The normalized spacial score (nSPS) is 11.7. The van der Waals surface area contributed by atoms with E-state index in [0.29, 0.717) is 40.7 Å². The van der Waals surface area contributed by atoms with Gasteiger partial charge in [-0.05, 0) is 6.92 Å². The summed E-state index contributed by atoms with van der Waals surface area (Å²) in [4.78, 5) is 9.25. The van der Waals surface area contributed by atoms with E-state index in [1.54, 1.807) is 42.0 Å². The quantitative estimate of drug-likeness (QED) is 0.367. The third-order valence-electron chi connectivity index (χ3n) is 4.43. The number of anilines is 1. The SMILES string of the molecule is Cc1ncc(C[n+]2c(C(O)(O)c3ccccc3)sc(CCO)c2C)c(N)n1. The number of hydrogen-bond acceptors (Lipinski definition) is 7. The topological polar surface area (TPSA) is 116 Å². The van der Waals surface area contributed by atoms with Crippen LogP contribution in [0.25, 0.3) is 0 Å². The highest BCUT2D eigenvalue weighted by molar-refractivity contribution is 7.11. The predicted molar refractivity (Wildman–Crippen MR) is 102 cm³/mol. The van der Waals surface area contributed by atoms with E-state index in [9.17, 15) is 15.3 Å². The molecule has 2 heterocycles. The Bertz CT molecular complexity index is 942. The number of nitrogens with zero attached hydrogens (tertiary/aromatic N) is 3. The van der Waals surface area contributed by atoms with Crippen LogP contribution in [0.5, 0.6) is 0 Å². The van der Waals surface area contributed by atoms with Crippen LogP contribution in [-0.4, -0.2) is 31.9 Å². The molecule has 0 aliphatic rings. The molecule has 2 aromatic heterocycles. The standard InChI is InChI=1S/C19H23N4O3S/c1-12-16(8-9-24)27-18(19(25,26)15-6-4-3-5-7-15)23(12)11-14-10-21-13(2)22-17(14)20/h3-7,10,24-26H,8-9,11H2,1-2H3,(H2,20,21,22)/q+1. The molecule has 0 bridgehead atoms. The van der Waals surface area contributed by atoms with Gasteiger partial charge in [0.2, 0.25) is 0 Å². The van der Waals surface area contributed by atoms with Gasteiger partial charge in [0, 0.05) is 31.7 Å². The third kappa shape index (κ3) is 3.84. The van der Waals surface area contributed by atoms with E-state index in [-0.39, 0.29) is 6.61 Å². The lowest BCUT2D eigenvalue weighted by molar-refractivity contribution is -0.705. The molecule has 0 unspecified atom stereocenters. The summed E-state index contributed by atoms with van der Waals surface area (Å²) in [7, 11) is 0. The van der Waals surface area contributed by atoms with E-state index >= 15 is 0 Å². The number of aromatic nitrogens is 3. The lowest BCUT2D eigenvalue weighted by atomic mass is 10.1. The molecule has 3 rings (SSSR count). The number of nitrogen functional groups attached to an aromatic ring is 1. The van der Waals surface area contributed by atoms with Crippen LogP contribution in [0, 0.1) is 13.8 Å². The molecule has 0 amide bonds. The molecule has 142 valence electrons. The maximum absolute atomic E-state index is 11.0. The summed E-state index contributed by atoms with van der Waals surface area (Å²) in [6.07, 6.45) is 2.08. The third-order valence-corrected chi connectivity index (χ3v) is 5.88. The Labute approximate surface area is 161 Å². The Hall–Kier alpha value is -2.39. The molecule has 3 aromatic rings. The molecular weight excluding hydrogens is 364 g/mol. The van der Waals surface area contributed by atoms with E-state index in [4.69, 9.17) is 5.73 Å². The van der Waals surface area contributed by atoms with E-state index in [0.717, 1.165) is 10.6 Å². The monoisotopic (exact) mass is 387 g/mol. The van der Waals surface area contributed by atoms with Crippen LogP contribution < -0.4 is 10.3 Å². The first-order valence-electron chi connectivity index (χ1n) is 8.56. The molecule has 0 spiro atoms. The summed E-state index contributed by atoms with van der Waals surface area (Å²) in [6, 6.07) is 8.64. The molecule has 1 aromatic carbocycles. The number of aliphatic hydroxyl groups is 3. The highest BCUT2D eigenvalue weighted by Gasteiger charge is 2.42. The van der Waals surface area contributed by atoms with E-state index in [1.807, 2.05) is 13.0 Å². The molecule has 7 nitrogen and oxygen atoms in total. The van der Waals surface area contributed by atoms with Crippen molar-refractivity contribution in [1.29, 1.82) is 0 Å². The van der Waals surface area contributed by atoms with Crippen LogP contribution in [0.4, 0.5) is 5.82 Å². The number of aryl methyl sites for hydroxylation is 1. The number of thiazole rings is 1. The fourth-order valence-electron chi connectivity index (χ4n) is 2.93. The minimum atomic E-state index is -2.18. The molecule has 0 aliphatic carbocycles. The smallest absolute Gasteiger partial charge is 0.303 e. The van der Waals surface area contributed by atoms with Crippen molar-refractivity contribution in [2.24, 2.45) is 0 Å². The van der Waals surface area contributed by atoms with Gasteiger partial charge in [-0.25, -0.2) is 9.97 Å². The highest BCUT2D eigenvalue weighted by Crippen LogP contribution is 2.31. The molecule has 8 heteroatoms. The second-order valence-electron chi connectivity index (χ2n) is 6.34. The average Bonchev–Trinajstić information content (AvgIpc) is 2.95. The lowest BCUT2D eigenvalue weighted by Crippen LogP contribution is -2.46. The van der Waals surface area contributed by atoms with Crippen LogP contribution in [0.2, 0.25) is 0 Å². The molecule has 0 fully saturated rings. The first-order chi connectivity index (χ1) is 12.8. The van der Waals surface area contributed by atoms with Crippen LogP contribution in [0.3, 0.4) is 0 Å². The number of hydrogen-bond donors (Lipinski definition) is 4. The summed E-state index contributed by atoms with van der Waals surface area (Å²) in [5.74, 6) is -1.24. The van der Waals surface area contributed by atoms with Gasteiger partial charge in [0.05, 0.1) is 10.4 Å². The van der Waals surface area contributed by atoms with Crippen molar-refractivity contribution >= 4 is 17.2 Å². The first kappa shape index (κ1) is 19.4. The van der Waals surface area contributed by atoms with E-state index in [1.165, 1.54) is 11.3 Å². The summed E-state index contributed by atoms with van der Waals surface area (Å²) in [6.45, 7) is 3.92. The second-order valence-corrected chi connectivity index (χ2v) is 7.43. The largest absolute Gasteiger partial charge is 0.396 e. The van der Waals surface area contributed by atoms with Crippen LogP contribution >= 0.6 is 11.3 Å². The number of rotatable bonds is 6. The van der Waals surface area contributed by atoms with Crippen molar-refractivity contribution in [2.45, 2.75) is 32.6 Å². The first-order valence-corrected chi connectivity index (χ1v) is 9.38. The van der Waals surface area contributed by atoms with Crippen molar-refractivity contribution in [3.8, 4) is 0 Å².